The third kappa shape index (κ3) is 10.2. The van der Waals surface area contributed by atoms with Gasteiger partial charge < -0.3 is 28.4 Å². The van der Waals surface area contributed by atoms with E-state index in [-0.39, 0.29) is 18.1 Å². The minimum Gasteiger partial charge on any atom is -0.491 e. The molecule has 6 heteroatoms. The van der Waals surface area contributed by atoms with E-state index >= 15 is 0 Å². The fourth-order valence-electron chi connectivity index (χ4n) is 5.79. The molecule has 0 radical (unpaired) electrons. The lowest BCUT2D eigenvalue weighted by Gasteiger charge is -2.29. The highest BCUT2D eigenvalue weighted by Gasteiger charge is 2.27. The first kappa shape index (κ1) is 31.3. The van der Waals surface area contributed by atoms with Crippen molar-refractivity contribution in [2.24, 2.45) is 0 Å². The van der Waals surface area contributed by atoms with E-state index in [2.05, 4.69) is 109 Å². The van der Waals surface area contributed by atoms with E-state index in [4.69, 9.17) is 28.4 Å². The number of hydrogen-bond donors (Lipinski definition) is 0. The molecule has 0 saturated carbocycles. The average Bonchev–Trinajstić information content (AvgIpc) is 4.03. The van der Waals surface area contributed by atoms with Gasteiger partial charge in [0.25, 0.3) is 0 Å². The van der Waals surface area contributed by atoms with Crippen molar-refractivity contribution in [1.29, 1.82) is 0 Å². The number of benzene rings is 4. The molecule has 0 aromatic heterocycles. The highest BCUT2D eigenvalue weighted by Crippen LogP contribution is 2.42. The van der Waals surface area contributed by atoms with E-state index in [0.717, 1.165) is 44.0 Å². The molecule has 3 atom stereocenters. The molecule has 0 amide bonds. The summed E-state index contributed by atoms with van der Waals surface area (Å²) < 4.78 is 33.7. The van der Waals surface area contributed by atoms with Crippen LogP contribution in [0.5, 0.6) is 11.5 Å². The zero-order valence-electron chi connectivity index (χ0n) is 25.9. The van der Waals surface area contributed by atoms with Crippen LogP contribution in [0.2, 0.25) is 0 Å². The summed E-state index contributed by atoms with van der Waals surface area (Å²) in [6.07, 6.45) is 3.76. The Kier molecular flexibility index (Phi) is 11.5. The Labute approximate surface area is 267 Å². The van der Waals surface area contributed by atoms with Gasteiger partial charge in [0.05, 0.1) is 39.6 Å². The third-order valence-electron chi connectivity index (χ3n) is 8.34. The second-order valence-electron chi connectivity index (χ2n) is 11.8. The Hall–Kier alpha value is -3.68. The second kappa shape index (κ2) is 16.6. The molecule has 6 nitrogen and oxygen atoms in total. The number of epoxide rings is 2. The summed E-state index contributed by atoms with van der Waals surface area (Å²) in [5.74, 6) is 2.16. The highest BCUT2D eigenvalue weighted by atomic mass is 16.6. The summed E-state index contributed by atoms with van der Waals surface area (Å²) in [4.78, 5) is 0. The second-order valence-corrected chi connectivity index (χ2v) is 11.8. The molecule has 2 fully saturated rings. The Bertz CT molecular complexity index is 1320. The molecule has 4 aromatic carbocycles. The van der Waals surface area contributed by atoms with Gasteiger partial charge >= 0.3 is 0 Å². The minimum absolute atomic E-state index is 0.162. The van der Waals surface area contributed by atoms with Crippen LogP contribution in [0.3, 0.4) is 0 Å². The van der Waals surface area contributed by atoms with Crippen LogP contribution in [0.1, 0.15) is 46.9 Å². The maximum absolute atomic E-state index is 6.00. The van der Waals surface area contributed by atoms with Crippen molar-refractivity contribution in [1.82, 2.24) is 0 Å². The van der Waals surface area contributed by atoms with Crippen molar-refractivity contribution in [2.75, 3.05) is 52.9 Å². The first-order chi connectivity index (χ1) is 22.3. The first-order valence-electron chi connectivity index (χ1n) is 16.2. The van der Waals surface area contributed by atoms with Crippen LogP contribution in [0.4, 0.5) is 0 Å². The largest absolute Gasteiger partial charge is 0.491 e. The predicted octanol–water partition coefficient (Wildman–Crippen LogP) is 7.21. The van der Waals surface area contributed by atoms with Crippen molar-refractivity contribution >= 4 is 0 Å². The van der Waals surface area contributed by atoms with Gasteiger partial charge in [-0.05, 0) is 71.7 Å². The molecule has 6 rings (SSSR count). The van der Waals surface area contributed by atoms with Gasteiger partial charge in [-0.1, -0.05) is 84.9 Å². The van der Waals surface area contributed by atoms with Crippen molar-refractivity contribution < 1.29 is 28.4 Å². The van der Waals surface area contributed by atoms with Crippen molar-refractivity contribution in [3.8, 4) is 11.5 Å². The van der Waals surface area contributed by atoms with Gasteiger partial charge in [-0.25, -0.2) is 0 Å². The molecule has 4 aromatic rings. The van der Waals surface area contributed by atoms with Crippen LogP contribution in [0, 0.1) is 0 Å². The minimum atomic E-state index is 0.162. The van der Waals surface area contributed by atoms with E-state index in [1.807, 2.05) is 0 Å². The van der Waals surface area contributed by atoms with Crippen LogP contribution in [-0.4, -0.2) is 65.1 Å². The standard InChI is InChI=1S/C39H44O6/c1-3-8-30(9-4-1)10-7-13-38(31-11-5-2-6-12-31)39(32-14-18-34(19-15-32)42-24-22-40-26-36-28-44-36)33-16-20-35(21-17-33)43-25-23-41-27-37-29-45-37/h1-6,8-9,11-12,14-21,36-39H,7,10,13,22-29H2. The lowest BCUT2D eigenvalue weighted by molar-refractivity contribution is 0.0878. The Morgan fingerprint density at radius 3 is 1.53 bits per heavy atom. The normalized spacial score (nSPS) is 18.2. The molecule has 2 saturated heterocycles. The molecule has 236 valence electrons. The summed E-state index contributed by atoms with van der Waals surface area (Å²) >= 11 is 0. The Balaban J connectivity index is 1.17. The molecule has 3 unspecified atom stereocenters. The molecule has 2 aliphatic heterocycles. The molecular formula is C39H44O6. The molecule has 0 N–H and O–H groups in total. The number of rotatable bonds is 20. The lowest BCUT2D eigenvalue weighted by Crippen LogP contribution is -2.14. The smallest absolute Gasteiger partial charge is 0.119 e. The van der Waals surface area contributed by atoms with Gasteiger partial charge in [0.15, 0.2) is 0 Å². The Morgan fingerprint density at radius 2 is 1.04 bits per heavy atom. The maximum Gasteiger partial charge on any atom is 0.119 e. The van der Waals surface area contributed by atoms with Gasteiger partial charge in [0.1, 0.15) is 36.9 Å². The van der Waals surface area contributed by atoms with Crippen LogP contribution in [0.25, 0.3) is 0 Å². The van der Waals surface area contributed by atoms with Crippen molar-refractivity contribution in [2.45, 2.75) is 43.3 Å². The zero-order valence-corrected chi connectivity index (χ0v) is 25.9. The summed E-state index contributed by atoms with van der Waals surface area (Å²) in [5.41, 5.74) is 5.26. The molecule has 2 aliphatic rings. The SMILES string of the molecule is c1ccc(CCCC(c2ccccc2)C(c2ccc(OCCOCC3CO3)cc2)c2ccc(OCCOCC3CO3)cc2)cc1. The summed E-state index contributed by atoms with van der Waals surface area (Å²) in [6.45, 7) is 5.03. The van der Waals surface area contributed by atoms with Crippen LogP contribution < -0.4 is 9.47 Å². The molecule has 0 bridgehead atoms. The van der Waals surface area contributed by atoms with E-state index in [9.17, 15) is 0 Å². The molecule has 2 heterocycles. The first-order valence-corrected chi connectivity index (χ1v) is 16.2. The van der Waals surface area contributed by atoms with Gasteiger partial charge in [-0.15, -0.1) is 0 Å². The third-order valence-corrected chi connectivity index (χ3v) is 8.34. The fraction of sp³-hybridized carbons (Fsp3) is 0.385. The summed E-state index contributed by atoms with van der Waals surface area (Å²) in [6, 6.07) is 39.0. The van der Waals surface area contributed by atoms with Crippen molar-refractivity contribution in [3.05, 3.63) is 131 Å². The monoisotopic (exact) mass is 608 g/mol. The molecule has 0 spiro atoms. The fourth-order valence-corrected chi connectivity index (χ4v) is 5.79. The van der Waals surface area contributed by atoms with Gasteiger partial charge in [-0.3, -0.25) is 0 Å². The number of hydrogen-bond acceptors (Lipinski definition) is 6. The lowest BCUT2D eigenvalue weighted by atomic mass is 9.74. The van der Waals surface area contributed by atoms with Crippen LogP contribution in [0.15, 0.2) is 109 Å². The van der Waals surface area contributed by atoms with E-state index in [0.29, 0.717) is 45.6 Å². The highest BCUT2D eigenvalue weighted by molar-refractivity contribution is 5.42. The van der Waals surface area contributed by atoms with Gasteiger partial charge in [0.2, 0.25) is 0 Å². The number of ether oxygens (including phenoxy) is 6. The maximum atomic E-state index is 6.00. The van der Waals surface area contributed by atoms with Crippen LogP contribution in [-0.2, 0) is 25.4 Å². The summed E-state index contributed by atoms with van der Waals surface area (Å²) in [7, 11) is 0. The van der Waals surface area contributed by atoms with Gasteiger partial charge in [0, 0.05) is 5.92 Å². The predicted molar refractivity (Wildman–Crippen MR) is 175 cm³/mol. The number of aryl methyl sites for hydroxylation is 1. The summed E-state index contributed by atoms with van der Waals surface area (Å²) in [5, 5.41) is 0. The Morgan fingerprint density at radius 1 is 0.556 bits per heavy atom. The van der Waals surface area contributed by atoms with E-state index in [1.54, 1.807) is 0 Å². The van der Waals surface area contributed by atoms with E-state index < -0.39 is 0 Å². The molecule has 45 heavy (non-hydrogen) atoms. The van der Waals surface area contributed by atoms with Crippen molar-refractivity contribution in [3.63, 3.8) is 0 Å². The topological polar surface area (TPSA) is 62.0 Å². The van der Waals surface area contributed by atoms with Gasteiger partial charge in [-0.2, -0.15) is 0 Å². The average molecular weight is 609 g/mol. The zero-order chi connectivity index (χ0) is 30.5. The molecule has 0 aliphatic carbocycles. The molecular weight excluding hydrogens is 564 g/mol. The quantitative estimate of drug-likeness (QED) is 0.0781. The van der Waals surface area contributed by atoms with E-state index in [1.165, 1.54) is 22.3 Å². The van der Waals surface area contributed by atoms with Crippen LogP contribution >= 0.6 is 0 Å².